The van der Waals surface area contributed by atoms with E-state index in [-0.39, 0.29) is 17.9 Å². The third kappa shape index (κ3) is 2.35. The van der Waals surface area contributed by atoms with Crippen molar-refractivity contribution in [2.24, 2.45) is 0 Å². The molecule has 1 fully saturated rings. The lowest BCUT2D eigenvalue weighted by molar-refractivity contribution is -0.119. The van der Waals surface area contributed by atoms with Crippen molar-refractivity contribution in [1.29, 1.82) is 0 Å². The molecule has 0 saturated carbocycles. The summed E-state index contributed by atoms with van der Waals surface area (Å²) in [5, 5.41) is 13.4. The van der Waals surface area contributed by atoms with Gasteiger partial charge in [0.2, 0.25) is 5.91 Å². The Labute approximate surface area is 96.6 Å². The highest BCUT2D eigenvalue weighted by Crippen LogP contribution is 2.26. The molecule has 1 aromatic rings. The average Bonchev–Trinajstić information content (AvgIpc) is 2.59. The summed E-state index contributed by atoms with van der Waals surface area (Å²) in [4.78, 5) is 21.8. The second-order valence-electron chi connectivity index (χ2n) is 3.83. The predicted octanol–water partition coefficient (Wildman–Crippen LogP) is 1.02. The van der Waals surface area contributed by atoms with Gasteiger partial charge in [0.25, 0.3) is 0 Å². The van der Waals surface area contributed by atoms with E-state index in [4.69, 9.17) is 5.11 Å². The van der Waals surface area contributed by atoms with E-state index in [9.17, 15) is 14.0 Å². The zero-order valence-electron chi connectivity index (χ0n) is 8.81. The molecule has 3 N–H and O–H groups in total. The normalized spacial score (nSPS) is 23.2. The fourth-order valence-electron chi connectivity index (χ4n) is 1.97. The molecule has 0 aliphatic carbocycles. The highest BCUT2D eigenvalue weighted by atomic mass is 19.1. The van der Waals surface area contributed by atoms with Crippen LogP contribution in [-0.2, 0) is 4.79 Å². The minimum absolute atomic E-state index is 0.0191. The molecular weight excluding hydrogens is 227 g/mol. The third-order valence-corrected chi connectivity index (χ3v) is 2.67. The number of halogens is 1. The van der Waals surface area contributed by atoms with E-state index in [1.165, 1.54) is 18.2 Å². The van der Waals surface area contributed by atoms with Crippen LogP contribution in [0.1, 0.15) is 18.0 Å². The Morgan fingerprint density at radius 3 is 2.82 bits per heavy atom. The van der Waals surface area contributed by atoms with Gasteiger partial charge in [-0.3, -0.25) is 4.79 Å². The van der Waals surface area contributed by atoms with Crippen molar-refractivity contribution in [3.63, 3.8) is 0 Å². The molecule has 5 nitrogen and oxygen atoms in total. The van der Waals surface area contributed by atoms with Crippen LogP contribution in [0.25, 0.3) is 0 Å². The van der Waals surface area contributed by atoms with Gasteiger partial charge in [-0.25, -0.2) is 9.18 Å². The number of hydrogen-bond acceptors (Lipinski definition) is 2. The highest BCUT2D eigenvalue weighted by Gasteiger charge is 2.35. The first kappa shape index (κ1) is 11.4. The fourth-order valence-corrected chi connectivity index (χ4v) is 1.97. The van der Waals surface area contributed by atoms with Gasteiger partial charge in [0.05, 0.1) is 12.1 Å². The third-order valence-electron chi connectivity index (χ3n) is 2.67. The molecule has 2 atom stereocenters. The Bertz CT molecular complexity index is 464. The maximum Gasteiger partial charge on any atom is 0.404 e. The van der Waals surface area contributed by atoms with E-state index in [2.05, 4.69) is 10.6 Å². The lowest BCUT2D eigenvalue weighted by Crippen LogP contribution is -2.38. The Hall–Kier alpha value is -2.11. The van der Waals surface area contributed by atoms with Crippen LogP contribution in [0.5, 0.6) is 0 Å². The highest BCUT2D eigenvalue weighted by molar-refractivity contribution is 5.81. The summed E-state index contributed by atoms with van der Waals surface area (Å²) in [6, 6.07) is 4.69. The molecular formula is C11H11FN2O3. The molecule has 1 aliphatic heterocycles. The molecule has 6 heteroatoms. The molecule has 1 aromatic carbocycles. The van der Waals surface area contributed by atoms with Gasteiger partial charge >= 0.3 is 6.09 Å². The SMILES string of the molecule is O=C(O)NC1CC(=O)NC1c1ccccc1F. The van der Waals surface area contributed by atoms with Crippen LogP contribution in [0.3, 0.4) is 0 Å². The molecule has 2 amide bonds. The van der Waals surface area contributed by atoms with Gasteiger partial charge in [-0.05, 0) is 6.07 Å². The summed E-state index contributed by atoms with van der Waals surface area (Å²) < 4.78 is 13.6. The van der Waals surface area contributed by atoms with E-state index >= 15 is 0 Å². The first-order valence-electron chi connectivity index (χ1n) is 5.11. The van der Waals surface area contributed by atoms with Crippen LogP contribution >= 0.6 is 0 Å². The maximum absolute atomic E-state index is 13.6. The topological polar surface area (TPSA) is 78.4 Å². The molecule has 1 heterocycles. The van der Waals surface area contributed by atoms with Crippen molar-refractivity contribution in [2.45, 2.75) is 18.5 Å². The van der Waals surface area contributed by atoms with Crippen LogP contribution in [0.4, 0.5) is 9.18 Å². The Kier molecular flexibility index (Phi) is 2.95. The van der Waals surface area contributed by atoms with Gasteiger partial charge in [-0.15, -0.1) is 0 Å². The van der Waals surface area contributed by atoms with E-state index in [0.29, 0.717) is 0 Å². The molecule has 1 aliphatic rings. The molecule has 2 unspecified atom stereocenters. The summed E-state index contributed by atoms with van der Waals surface area (Å²) in [6.07, 6.45) is -1.21. The Balaban J connectivity index is 2.27. The quantitative estimate of drug-likeness (QED) is 0.719. The first-order chi connectivity index (χ1) is 8.08. The largest absolute Gasteiger partial charge is 0.465 e. The van der Waals surface area contributed by atoms with Gasteiger partial charge in [-0.2, -0.15) is 0 Å². The molecule has 0 aromatic heterocycles. The lowest BCUT2D eigenvalue weighted by Gasteiger charge is -2.19. The van der Waals surface area contributed by atoms with E-state index in [0.717, 1.165) is 0 Å². The summed E-state index contributed by atoms with van der Waals surface area (Å²) in [7, 11) is 0. The standard InChI is InChI=1S/C11H11FN2O3/c12-7-4-2-1-3-6(7)10-8(13-11(16)17)5-9(15)14-10/h1-4,8,10,13H,5H2,(H,14,15)(H,16,17). The minimum atomic E-state index is -1.23. The van der Waals surface area contributed by atoms with Crippen LogP contribution in [0.2, 0.25) is 0 Å². The molecule has 17 heavy (non-hydrogen) atoms. The van der Waals surface area contributed by atoms with E-state index in [1.807, 2.05) is 0 Å². The van der Waals surface area contributed by atoms with Gasteiger partial charge in [0, 0.05) is 12.0 Å². The molecule has 0 bridgehead atoms. The number of rotatable bonds is 2. The van der Waals surface area contributed by atoms with Crippen molar-refractivity contribution >= 4 is 12.0 Å². The predicted molar refractivity (Wildman–Crippen MR) is 56.8 cm³/mol. The summed E-state index contributed by atoms with van der Waals surface area (Å²) >= 11 is 0. The summed E-state index contributed by atoms with van der Waals surface area (Å²) in [5.74, 6) is -0.756. The molecule has 0 spiro atoms. The molecule has 1 saturated heterocycles. The number of carbonyl (C=O) groups excluding carboxylic acids is 1. The van der Waals surface area contributed by atoms with Crippen LogP contribution in [0, 0.1) is 5.82 Å². The van der Waals surface area contributed by atoms with Crippen molar-refractivity contribution in [3.05, 3.63) is 35.6 Å². The second-order valence-corrected chi connectivity index (χ2v) is 3.83. The first-order valence-corrected chi connectivity index (χ1v) is 5.11. The van der Waals surface area contributed by atoms with Crippen molar-refractivity contribution in [1.82, 2.24) is 10.6 Å². The number of carboxylic acid groups (broad SMARTS) is 1. The Morgan fingerprint density at radius 2 is 2.18 bits per heavy atom. The van der Waals surface area contributed by atoms with E-state index < -0.39 is 24.0 Å². The number of nitrogens with one attached hydrogen (secondary N) is 2. The maximum atomic E-state index is 13.6. The number of carbonyl (C=O) groups is 2. The second kappa shape index (κ2) is 4.40. The van der Waals surface area contributed by atoms with Crippen LogP contribution in [0.15, 0.2) is 24.3 Å². The van der Waals surface area contributed by atoms with Crippen LogP contribution < -0.4 is 10.6 Å². The van der Waals surface area contributed by atoms with Gasteiger partial charge in [0.15, 0.2) is 0 Å². The van der Waals surface area contributed by atoms with Gasteiger partial charge in [0.1, 0.15) is 5.82 Å². The monoisotopic (exact) mass is 238 g/mol. The number of benzene rings is 1. The van der Waals surface area contributed by atoms with Crippen LogP contribution in [-0.4, -0.2) is 23.1 Å². The fraction of sp³-hybridized carbons (Fsp3) is 0.273. The summed E-state index contributed by atoms with van der Waals surface area (Å²) in [5.41, 5.74) is 0.289. The van der Waals surface area contributed by atoms with Crippen molar-refractivity contribution in [2.75, 3.05) is 0 Å². The molecule has 90 valence electrons. The van der Waals surface area contributed by atoms with E-state index in [1.54, 1.807) is 6.07 Å². The van der Waals surface area contributed by atoms with Gasteiger partial charge < -0.3 is 15.7 Å². The van der Waals surface area contributed by atoms with Crippen molar-refractivity contribution < 1.29 is 19.1 Å². The summed E-state index contributed by atoms with van der Waals surface area (Å²) in [6.45, 7) is 0. The Morgan fingerprint density at radius 1 is 1.47 bits per heavy atom. The molecule has 0 radical (unpaired) electrons. The van der Waals surface area contributed by atoms with Crippen molar-refractivity contribution in [3.8, 4) is 0 Å². The minimum Gasteiger partial charge on any atom is -0.465 e. The van der Waals surface area contributed by atoms with Gasteiger partial charge in [-0.1, -0.05) is 18.2 Å². The zero-order valence-corrected chi connectivity index (χ0v) is 8.81. The molecule has 2 rings (SSSR count). The number of amides is 2. The zero-order chi connectivity index (χ0) is 12.4. The lowest BCUT2D eigenvalue weighted by atomic mass is 10.0. The average molecular weight is 238 g/mol. The number of hydrogen-bond donors (Lipinski definition) is 3. The smallest absolute Gasteiger partial charge is 0.404 e.